The van der Waals surface area contributed by atoms with Crippen molar-refractivity contribution in [1.82, 2.24) is 40.5 Å². The number of benzene rings is 2. The molecule has 0 bridgehead atoms. The molecule has 0 saturated heterocycles. The molecule has 4 aromatic heterocycles. The van der Waals surface area contributed by atoms with Gasteiger partial charge in [-0.1, -0.05) is 13.8 Å². The van der Waals surface area contributed by atoms with Crippen molar-refractivity contribution in [2.24, 2.45) is 0 Å². The molecule has 10 N–H and O–H groups in total. The van der Waals surface area contributed by atoms with Gasteiger partial charge >= 0.3 is 12.2 Å². The van der Waals surface area contributed by atoms with Gasteiger partial charge < -0.3 is 62.3 Å². The van der Waals surface area contributed by atoms with Crippen molar-refractivity contribution < 1.29 is 55.7 Å². The minimum absolute atomic E-state index is 0.00298. The van der Waals surface area contributed by atoms with Crippen LogP contribution in [-0.4, -0.2) is 94.3 Å². The summed E-state index contributed by atoms with van der Waals surface area (Å²) in [7, 11) is 2.43. The molecule has 0 radical (unpaired) electrons. The fourth-order valence-electron chi connectivity index (χ4n) is 7.78. The van der Waals surface area contributed by atoms with E-state index in [-0.39, 0.29) is 72.5 Å². The average molecular weight is 1190 g/mol. The minimum atomic E-state index is -1.81. The van der Waals surface area contributed by atoms with Gasteiger partial charge in [0, 0.05) is 77.4 Å². The van der Waals surface area contributed by atoms with Gasteiger partial charge in [0.2, 0.25) is 34.9 Å². The maximum atomic E-state index is 14.1. The molecule has 22 nitrogen and oxygen atoms in total. The number of carbonyl (C=O) groups excluding carboxylic acids is 4. The summed E-state index contributed by atoms with van der Waals surface area (Å²) in [6.07, 6.45) is 2.89. The molecule has 2 aromatic carbocycles. The number of hydrogen-bond acceptors (Lipinski definition) is 18. The summed E-state index contributed by atoms with van der Waals surface area (Å²) in [5.41, 5.74) is 22.3. The SMILES string of the molecule is CCc1nc(N)nc(N)c1-c1cnc2c(c1)N(CCNC(=O)OC)C(=O)[C@](C)(c1cc(F)cc(F)c1)O2.CCc1nc(N)nc(N)c1Br.COC(=O)NCCN1C(=O)[C@](C)(c2cc(F)cc(F)c2)Oc2ncc(Br)cc21. The summed E-state index contributed by atoms with van der Waals surface area (Å²) >= 11 is 6.56. The number of nitrogens with one attached hydrogen (secondary N) is 2. The first-order valence-electron chi connectivity index (χ1n) is 22.7. The summed E-state index contributed by atoms with van der Waals surface area (Å²) < 4.78 is 77.8. The number of rotatable bonds is 11. The summed E-state index contributed by atoms with van der Waals surface area (Å²) in [5.74, 6) is -3.67. The molecule has 0 saturated carbocycles. The van der Waals surface area contributed by atoms with E-state index in [0.29, 0.717) is 51.4 Å². The van der Waals surface area contributed by atoms with Crippen molar-refractivity contribution in [3.05, 3.63) is 116 Å². The third kappa shape index (κ3) is 12.7. The van der Waals surface area contributed by atoms with Gasteiger partial charge in [0.15, 0.2) is 0 Å². The third-order valence-corrected chi connectivity index (χ3v) is 12.8. The van der Waals surface area contributed by atoms with Gasteiger partial charge in [0.1, 0.15) is 46.3 Å². The first-order chi connectivity index (χ1) is 36.0. The number of aryl methyl sites for hydroxylation is 2. The zero-order valence-electron chi connectivity index (χ0n) is 41.4. The number of nitrogens with zero attached hydrogens (tertiary/aromatic N) is 8. The number of aromatic nitrogens is 6. The van der Waals surface area contributed by atoms with Crippen molar-refractivity contribution in [2.45, 2.75) is 51.7 Å². The summed E-state index contributed by atoms with van der Waals surface area (Å²) in [6, 6.07) is 8.77. The summed E-state index contributed by atoms with van der Waals surface area (Å²) in [4.78, 5) is 77.2. The number of hydrogen-bond donors (Lipinski definition) is 6. The van der Waals surface area contributed by atoms with Crippen LogP contribution in [0.15, 0.2) is 69.9 Å². The van der Waals surface area contributed by atoms with Crippen LogP contribution in [0.1, 0.15) is 50.2 Å². The molecule has 0 spiro atoms. The number of alkyl carbamates (subject to hydrolysis) is 2. The predicted octanol–water partition coefficient (Wildman–Crippen LogP) is 6.63. The number of nitrogens with two attached hydrogens (primary N) is 4. The van der Waals surface area contributed by atoms with Crippen LogP contribution in [0.3, 0.4) is 0 Å². The molecule has 8 rings (SSSR count). The lowest BCUT2D eigenvalue weighted by molar-refractivity contribution is -0.135. The molecule has 6 aromatic rings. The molecule has 2 aliphatic heterocycles. The fraction of sp³-hybridized carbons (Fsp3) is 0.292. The Bertz CT molecular complexity index is 3160. The number of amides is 4. The van der Waals surface area contributed by atoms with Crippen molar-refractivity contribution >= 4 is 90.8 Å². The number of ether oxygens (including phenoxy) is 4. The van der Waals surface area contributed by atoms with Crippen LogP contribution in [0.2, 0.25) is 0 Å². The first-order valence-corrected chi connectivity index (χ1v) is 24.3. The van der Waals surface area contributed by atoms with Crippen LogP contribution < -0.4 is 52.8 Å². The van der Waals surface area contributed by atoms with E-state index in [1.807, 2.05) is 13.8 Å². The summed E-state index contributed by atoms with van der Waals surface area (Å²) in [6.45, 7) is 6.78. The maximum Gasteiger partial charge on any atom is 0.406 e. The quantitative estimate of drug-likeness (QED) is 0.0742. The van der Waals surface area contributed by atoms with E-state index < -0.39 is 58.5 Å². The normalized spacial score (nSPS) is 16.3. The standard InChI is InChI=1S/C24H25F2N7O4.C18H16BrF2N3O4.C6H9BrN4/c1-4-16-18(19(27)32-22(28)31-16)12-7-17-20(30-11-12)37-24(2,13-8-14(25)10-15(26)9-13)21(34)33(17)6-5-29-23(35)36-3;1-18(10-5-12(20)8-13(21)6-10)16(25)24(4-3-22-17(26)27-2)14-7-11(19)9-23-15(14)28-18;1-2-3-4(7)5(8)11-6(9)10-3/h7-11H,4-6H2,1-3H3,(H,29,35)(H4,27,28,31,32);5-9H,3-4H2,1-2H3,(H,22,26);2H2,1H3,(H4,8,9,10,11)/t24-;18-;/m00./s1. The highest BCUT2D eigenvalue weighted by Crippen LogP contribution is 2.45. The van der Waals surface area contributed by atoms with E-state index in [1.165, 1.54) is 50.3 Å². The average Bonchev–Trinajstić information content (AvgIpc) is 3.36. The van der Waals surface area contributed by atoms with E-state index in [2.05, 4.69) is 81.9 Å². The maximum absolute atomic E-state index is 14.1. The molecule has 402 valence electrons. The lowest BCUT2D eigenvalue weighted by Crippen LogP contribution is -2.54. The Morgan fingerprint density at radius 1 is 0.632 bits per heavy atom. The molecule has 6 heterocycles. The number of pyridine rings is 2. The van der Waals surface area contributed by atoms with E-state index in [4.69, 9.17) is 32.4 Å². The molecule has 28 heteroatoms. The molecule has 4 amide bonds. The molecule has 2 aliphatic rings. The number of halogens is 6. The monoisotopic (exact) mass is 1180 g/mol. The Morgan fingerprint density at radius 2 is 1.05 bits per heavy atom. The van der Waals surface area contributed by atoms with E-state index in [0.717, 1.165) is 40.9 Å². The smallest absolute Gasteiger partial charge is 0.406 e. The number of nitrogen functional groups attached to an aromatic ring is 4. The number of carbonyl (C=O) groups is 4. The number of fused-ring (bicyclic) bond motifs is 2. The second-order valence-corrected chi connectivity index (χ2v) is 18.3. The van der Waals surface area contributed by atoms with Crippen molar-refractivity contribution in [3.63, 3.8) is 0 Å². The highest BCUT2D eigenvalue weighted by molar-refractivity contribution is 9.11. The Balaban J connectivity index is 0.000000211. The third-order valence-electron chi connectivity index (χ3n) is 11.5. The van der Waals surface area contributed by atoms with Gasteiger partial charge in [0.05, 0.1) is 30.1 Å². The molecular weight excluding hydrogens is 1140 g/mol. The topological polar surface area (TPSA) is 317 Å². The Hall–Kier alpha value is -8.14. The van der Waals surface area contributed by atoms with Crippen molar-refractivity contribution in [3.8, 4) is 22.9 Å². The van der Waals surface area contributed by atoms with Gasteiger partial charge in [-0.25, -0.2) is 47.1 Å². The van der Waals surface area contributed by atoms with Crippen LogP contribution in [0, 0.1) is 23.3 Å². The van der Waals surface area contributed by atoms with Gasteiger partial charge in [-0.05, 0) is 94.9 Å². The Labute approximate surface area is 448 Å². The second kappa shape index (κ2) is 24.0. The van der Waals surface area contributed by atoms with Gasteiger partial charge in [-0.15, -0.1) is 0 Å². The highest BCUT2D eigenvalue weighted by atomic mass is 79.9. The largest absolute Gasteiger partial charge is 0.455 e. The number of methoxy groups -OCH3 is 2. The highest BCUT2D eigenvalue weighted by Gasteiger charge is 2.49. The molecule has 0 unspecified atom stereocenters. The molecular formula is C48H50Br2F4N14O8. The molecule has 0 fully saturated rings. The van der Waals surface area contributed by atoms with Gasteiger partial charge in [-0.3, -0.25) is 9.59 Å². The number of anilines is 6. The molecule has 0 aliphatic carbocycles. The predicted molar refractivity (Wildman–Crippen MR) is 278 cm³/mol. The second-order valence-electron chi connectivity index (χ2n) is 16.6. The molecule has 76 heavy (non-hydrogen) atoms. The first kappa shape index (κ1) is 57.1. The summed E-state index contributed by atoms with van der Waals surface area (Å²) in [5, 5.41) is 4.99. The lowest BCUT2D eigenvalue weighted by atomic mass is 9.91. The van der Waals surface area contributed by atoms with Crippen molar-refractivity contribution in [1.29, 1.82) is 0 Å². The van der Waals surface area contributed by atoms with Crippen LogP contribution in [-0.2, 0) is 43.1 Å². The van der Waals surface area contributed by atoms with E-state index >= 15 is 0 Å². The Morgan fingerprint density at radius 3 is 1.50 bits per heavy atom. The minimum Gasteiger partial charge on any atom is -0.455 e. The van der Waals surface area contributed by atoms with Crippen LogP contribution in [0.5, 0.6) is 11.8 Å². The Kier molecular flexibility index (Phi) is 18.1. The zero-order valence-corrected chi connectivity index (χ0v) is 44.6. The lowest BCUT2D eigenvalue weighted by Gasteiger charge is -2.40. The van der Waals surface area contributed by atoms with E-state index in [1.54, 1.807) is 12.1 Å². The zero-order chi connectivity index (χ0) is 55.8. The van der Waals surface area contributed by atoms with Crippen LogP contribution in [0.25, 0.3) is 11.1 Å². The van der Waals surface area contributed by atoms with E-state index in [9.17, 15) is 36.7 Å². The van der Waals surface area contributed by atoms with Crippen LogP contribution in [0.4, 0.5) is 62.1 Å². The van der Waals surface area contributed by atoms with Crippen molar-refractivity contribution in [2.75, 3.05) is 73.1 Å². The van der Waals surface area contributed by atoms with Gasteiger partial charge in [-0.2, -0.15) is 9.97 Å². The molecule has 2 atom stereocenters. The van der Waals surface area contributed by atoms with Gasteiger partial charge in [0.25, 0.3) is 11.8 Å². The fourth-order valence-corrected chi connectivity index (χ4v) is 8.56. The van der Waals surface area contributed by atoms with Crippen LogP contribution >= 0.6 is 31.9 Å².